The average molecular weight is 907 g/mol. The molecule has 0 saturated carbocycles. The fourth-order valence-electron chi connectivity index (χ4n) is 9.73. The van der Waals surface area contributed by atoms with E-state index >= 15 is 0 Å². The van der Waals surface area contributed by atoms with E-state index in [0.717, 1.165) is 77.1 Å². The van der Waals surface area contributed by atoms with Crippen molar-refractivity contribution in [1.29, 1.82) is 5.41 Å². The van der Waals surface area contributed by atoms with Crippen LogP contribution in [0, 0.1) is 5.41 Å². The number of nitrogens with zero attached hydrogens (tertiary/aromatic N) is 10. The van der Waals surface area contributed by atoms with Crippen molar-refractivity contribution >= 4 is 34.8 Å². The van der Waals surface area contributed by atoms with Gasteiger partial charge in [-0.25, -0.2) is 0 Å². The highest BCUT2D eigenvalue weighted by molar-refractivity contribution is 6.09. The lowest BCUT2D eigenvalue weighted by Crippen LogP contribution is -2.45. The first-order valence-electron chi connectivity index (χ1n) is 23.0. The Bertz CT molecular complexity index is 2690. The molecule has 0 atom stereocenters. The van der Waals surface area contributed by atoms with E-state index in [4.69, 9.17) is 10.5 Å². The first-order chi connectivity index (χ1) is 31.4. The molecule has 350 valence electrons. The molecule has 4 aliphatic rings. The van der Waals surface area contributed by atoms with Gasteiger partial charge in [0.1, 0.15) is 5.84 Å². The maximum Gasteiger partial charge on any atom is 0.417 e. The topological polar surface area (TPSA) is 136 Å². The fourth-order valence-corrected chi connectivity index (χ4v) is 9.73. The van der Waals surface area contributed by atoms with Crippen LogP contribution in [0.5, 0.6) is 0 Å². The zero-order valence-corrected chi connectivity index (χ0v) is 39.3. The van der Waals surface area contributed by atoms with Crippen LogP contribution in [0.4, 0.5) is 30.4 Å². The number of fused-ring (bicyclic) bond motifs is 3. The smallest absolute Gasteiger partial charge is 0.386 e. The van der Waals surface area contributed by atoms with Crippen molar-refractivity contribution in [3.8, 4) is 22.3 Å². The van der Waals surface area contributed by atoms with Crippen molar-refractivity contribution in [3.05, 3.63) is 94.3 Å². The molecule has 14 nitrogen and oxygen atoms in total. The van der Waals surface area contributed by atoms with E-state index in [9.17, 15) is 22.8 Å². The molecule has 2 aromatic carbocycles. The molecule has 4 aliphatic heterocycles. The average Bonchev–Trinajstić information content (AvgIpc) is 4.03. The van der Waals surface area contributed by atoms with Crippen molar-refractivity contribution in [2.75, 3.05) is 42.5 Å². The van der Waals surface area contributed by atoms with Gasteiger partial charge in [-0.15, -0.1) is 0 Å². The third kappa shape index (κ3) is 9.34. The largest absolute Gasteiger partial charge is 0.417 e. The van der Waals surface area contributed by atoms with Crippen LogP contribution in [0.25, 0.3) is 22.3 Å². The highest BCUT2D eigenvalue weighted by Crippen LogP contribution is 2.45. The van der Waals surface area contributed by atoms with Crippen LogP contribution in [0.1, 0.15) is 94.8 Å². The first kappa shape index (κ1) is 46.2. The Morgan fingerprint density at radius 3 is 2.02 bits per heavy atom. The first-order valence-corrected chi connectivity index (χ1v) is 23.0. The Morgan fingerprint density at radius 1 is 0.758 bits per heavy atom. The van der Waals surface area contributed by atoms with Gasteiger partial charge in [-0.2, -0.15) is 28.5 Å². The molecular weight excluding hydrogens is 846 g/mol. The predicted molar refractivity (Wildman–Crippen MR) is 251 cm³/mol. The highest BCUT2D eigenvalue weighted by Gasteiger charge is 2.38. The van der Waals surface area contributed by atoms with E-state index < -0.39 is 11.7 Å². The molecule has 9 rings (SSSR count). The number of amidine groups is 1. The van der Waals surface area contributed by atoms with Crippen LogP contribution >= 0.6 is 0 Å². The standard InChI is InChI=1S/C25H29F3N6O.C24H32N6O/c1-15(2)34-22-7-9-32(16(3)35)14-20(22)24(30-34)33-8-5-6-17-10-19(18-12-29-31(4)13-18)21(11-23(17)33)25(26,27)28;1-16(2)27-22-9-11-29(17(3)31)15-21(22)24(25)30-10-5-6-19-12-18(7-8-23(19)30)20-13-26-28(4)14-20/h10-13,15H,5-9,14H2,1-4H3;7-8,12-14,16,25,27H,5-6,9-11,15H2,1-4H3. The third-order valence-electron chi connectivity index (χ3n) is 13.0. The molecule has 66 heavy (non-hydrogen) atoms. The lowest BCUT2D eigenvalue weighted by atomic mass is 9.92. The Hall–Kier alpha value is -6.39. The normalized spacial score (nSPS) is 16.3. The predicted octanol–water partition coefficient (Wildman–Crippen LogP) is 8.19. The van der Waals surface area contributed by atoms with Gasteiger partial charge < -0.3 is 24.9 Å². The molecule has 2 amide bonds. The SMILES string of the molecule is CC(=O)N1CCC(NC(C)C)=C(C(=N)N2CCCc3cc(-c4cnn(C)c4)ccc32)C1.CC(=O)N1CCc2c(c(N3CCCc4cc(-c5cnn(C)c5)c(C(F)(F)F)cc43)nn2C(C)C)C1. The molecule has 0 saturated heterocycles. The second-order valence-corrected chi connectivity index (χ2v) is 18.5. The Kier molecular flexibility index (Phi) is 12.9. The lowest BCUT2D eigenvalue weighted by molar-refractivity contribution is -0.137. The van der Waals surface area contributed by atoms with Gasteiger partial charge in [0.2, 0.25) is 11.8 Å². The summed E-state index contributed by atoms with van der Waals surface area (Å²) >= 11 is 0. The monoisotopic (exact) mass is 906 g/mol. The van der Waals surface area contributed by atoms with Gasteiger partial charge in [-0.1, -0.05) is 6.07 Å². The molecule has 2 N–H and O–H groups in total. The van der Waals surface area contributed by atoms with Crippen molar-refractivity contribution in [3.63, 3.8) is 0 Å². The van der Waals surface area contributed by atoms with Gasteiger partial charge in [0.05, 0.1) is 31.0 Å². The number of anilines is 3. The van der Waals surface area contributed by atoms with E-state index in [1.54, 1.807) is 38.1 Å². The molecule has 0 unspecified atom stereocenters. The molecule has 0 bridgehead atoms. The molecule has 7 heterocycles. The summed E-state index contributed by atoms with van der Waals surface area (Å²) < 4.78 is 48.0. The van der Waals surface area contributed by atoms with Crippen molar-refractivity contribution in [2.24, 2.45) is 14.1 Å². The summed E-state index contributed by atoms with van der Waals surface area (Å²) in [7, 11) is 3.62. The van der Waals surface area contributed by atoms with Gasteiger partial charge in [-0.05, 0) is 99.9 Å². The second-order valence-electron chi connectivity index (χ2n) is 18.5. The number of nitrogens with one attached hydrogen (secondary N) is 2. The molecule has 17 heteroatoms. The summed E-state index contributed by atoms with van der Waals surface area (Å²) in [5.74, 6) is 1.21. The zero-order valence-electron chi connectivity index (χ0n) is 39.3. The van der Waals surface area contributed by atoms with Gasteiger partial charge in [0, 0.05) is 136 Å². The molecule has 5 aromatic rings. The molecule has 0 aliphatic carbocycles. The van der Waals surface area contributed by atoms with Crippen LogP contribution in [0.3, 0.4) is 0 Å². The summed E-state index contributed by atoms with van der Waals surface area (Å²) in [4.78, 5) is 31.8. The quantitative estimate of drug-likeness (QED) is 0.123. The number of carbonyl (C=O) groups excluding carboxylic acids is 2. The number of alkyl halides is 3. The van der Waals surface area contributed by atoms with Gasteiger partial charge in [0.25, 0.3) is 0 Å². The summed E-state index contributed by atoms with van der Waals surface area (Å²) in [6.07, 6.45) is 7.38. The van der Waals surface area contributed by atoms with Crippen LogP contribution in [-0.2, 0) is 55.7 Å². The van der Waals surface area contributed by atoms with Crippen LogP contribution in [-0.4, -0.2) is 95.6 Å². The van der Waals surface area contributed by atoms with Crippen molar-refractivity contribution in [2.45, 2.75) is 105 Å². The lowest BCUT2D eigenvalue weighted by Gasteiger charge is -2.37. The fraction of sp³-hybridized carbons (Fsp3) is 0.469. The zero-order chi connectivity index (χ0) is 47.2. The molecule has 0 radical (unpaired) electrons. The number of aryl methyl sites for hydroxylation is 4. The van der Waals surface area contributed by atoms with Gasteiger partial charge >= 0.3 is 6.18 Å². The molecular formula is C49H61F3N12O2. The highest BCUT2D eigenvalue weighted by atomic mass is 19.4. The van der Waals surface area contributed by atoms with Gasteiger partial charge in [-0.3, -0.25) is 29.0 Å². The number of hydrogen-bond acceptors (Lipinski definition) is 8. The van der Waals surface area contributed by atoms with Crippen molar-refractivity contribution in [1.82, 2.24) is 44.5 Å². The van der Waals surface area contributed by atoms with Crippen molar-refractivity contribution < 1.29 is 22.8 Å². The van der Waals surface area contributed by atoms with E-state index in [1.807, 2.05) is 52.5 Å². The Balaban J connectivity index is 0.000000181. The number of carbonyl (C=O) groups is 2. The number of amides is 2. The minimum Gasteiger partial charge on any atom is -0.386 e. The summed E-state index contributed by atoms with van der Waals surface area (Å²) in [5.41, 5.74) is 9.92. The van der Waals surface area contributed by atoms with Crippen LogP contribution in [0.15, 0.2) is 66.4 Å². The molecule has 3 aromatic heterocycles. The van der Waals surface area contributed by atoms with Gasteiger partial charge in [0.15, 0.2) is 5.82 Å². The second kappa shape index (κ2) is 18.5. The molecule has 0 spiro atoms. The minimum atomic E-state index is -4.52. The van der Waals surface area contributed by atoms with Crippen LogP contribution in [0.2, 0.25) is 0 Å². The Morgan fingerprint density at radius 2 is 1.39 bits per heavy atom. The number of aromatic nitrogens is 6. The summed E-state index contributed by atoms with van der Waals surface area (Å²) in [6.45, 7) is 15.1. The Labute approximate surface area is 384 Å². The number of hydrogen-bond donors (Lipinski definition) is 2. The number of rotatable bonds is 7. The van der Waals surface area contributed by atoms with E-state index in [2.05, 4.69) is 52.5 Å². The maximum atomic E-state index is 14.3. The van der Waals surface area contributed by atoms with E-state index in [1.165, 1.54) is 22.5 Å². The summed E-state index contributed by atoms with van der Waals surface area (Å²) in [5, 5.41) is 25.9. The minimum absolute atomic E-state index is 0.0154. The molecule has 0 fully saturated rings. The van der Waals surface area contributed by atoms with Crippen LogP contribution < -0.4 is 15.1 Å². The maximum absolute atomic E-state index is 14.3. The number of benzene rings is 2. The van der Waals surface area contributed by atoms with E-state index in [-0.39, 0.29) is 29.5 Å². The third-order valence-corrected chi connectivity index (χ3v) is 13.0. The van der Waals surface area contributed by atoms with E-state index in [0.29, 0.717) is 68.5 Å². The number of halogens is 3. The summed E-state index contributed by atoms with van der Waals surface area (Å²) in [6, 6.07) is 9.80.